The van der Waals surface area contributed by atoms with Crippen LogP contribution >= 0.6 is 0 Å². The van der Waals surface area contributed by atoms with Crippen molar-refractivity contribution < 1.29 is 9.90 Å². The Morgan fingerprint density at radius 1 is 0.739 bits per heavy atom. The largest absolute Gasteiger partial charge is 0.481 e. The number of hydrogen-bond donors (Lipinski definition) is 1. The Morgan fingerprint density at radius 3 is 1.65 bits per heavy atom. The molecule has 0 atom stereocenters. The minimum atomic E-state index is -0.676. The zero-order valence-electron chi connectivity index (χ0n) is 15.7. The van der Waals surface area contributed by atoms with Gasteiger partial charge in [0.05, 0.1) is 0 Å². The first-order valence-electron chi connectivity index (χ1n) is 9.99. The van der Waals surface area contributed by atoms with E-state index < -0.39 is 5.97 Å². The topological polar surface area (TPSA) is 37.3 Å². The van der Waals surface area contributed by atoms with E-state index in [2.05, 4.69) is 26.0 Å². The second-order valence-electron chi connectivity index (χ2n) is 7.26. The van der Waals surface area contributed by atoms with Crippen LogP contribution in [0.2, 0.25) is 0 Å². The third kappa shape index (κ3) is 21.2. The van der Waals surface area contributed by atoms with Crippen LogP contribution in [-0.2, 0) is 4.79 Å². The quantitative estimate of drug-likeness (QED) is 0.228. The van der Waals surface area contributed by atoms with E-state index in [1.165, 1.54) is 70.6 Å². The van der Waals surface area contributed by atoms with Crippen LogP contribution in [-0.4, -0.2) is 11.1 Å². The molecule has 0 amide bonds. The number of unbranched alkanes of at least 4 members (excludes halogenated alkanes) is 11. The molecule has 2 nitrogen and oxygen atoms in total. The van der Waals surface area contributed by atoms with Crippen LogP contribution in [0.1, 0.15) is 110 Å². The molecular formula is C21H40O2. The van der Waals surface area contributed by atoms with Gasteiger partial charge in [0.15, 0.2) is 0 Å². The van der Waals surface area contributed by atoms with E-state index in [4.69, 9.17) is 5.11 Å². The van der Waals surface area contributed by atoms with Crippen molar-refractivity contribution in [3.05, 3.63) is 12.2 Å². The number of aliphatic carboxylic acids is 1. The van der Waals surface area contributed by atoms with Crippen molar-refractivity contribution in [2.24, 2.45) is 5.92 Å². The Labute approximate surface area is 144 Å². The highest BCUT2D eigenvalue weighted by molar-refractivity contribution is 5.66. The predicted molar refractivity (Wildman–Crippen MR) is 101 cm³/mol. The number of hydrogen-bond acceptors (Lipinski definition) is 1. The highest BCUT2D eigenvalue weighted by Crippen LogP contribution is 2.13. The molecule has 2 heteroatoms. The van der Waals surface area contributed by atoms with E-state index in [1.807, 2.05) is 0 Å². The molecule has 0 saturated carbocycles. The maximum Gasteiger partial charge on any atom is 0.303 e. The lowest BCUT2D eigenvalue weighted by atomic mass is 10.0. The zero-order valence-corrected chi connectivity index (χ0v) is 15.7. The van der Waals surface area contributed by atoms with Gasteiger partial charge >= 0.3 is 5.97 Å². The Kier molecular flexibility index (Phi) is 17.0. The van der Waals surface area contributed by atoms with Crippen molar-refractivity contribution in [1.82, 2.24) is 0 Å². The fraction of sp³-hybridized carbons (Fsp3) is 0.857. The van der Waals surface area contributed by atoms with Gasteiger partial charge in [-0.15, -0.1) is 0 Å². The van der Waals surface area contributed by atoms with Crippen molar-refractivity contribution in [2.45, 2.75) is 110 Å². The molecule has 0 bridgehead atoms. The van der Waals surface area contributed by atoms with Crippen molar-refractivity contribution in [1.29, 1.82) is 0 Å². The SMILES string of the molecule is CC(C)CCCCCCCCCCCC=CCCCCC(=O)O. The fourth-order valence-corrected chi connectivity index (χ4v) is 2.83. The average Bonchev–Trinajstić information content (AvgIpc) is 2.49. The summed E-state index contributed by atoms with van der Waals surface area (Å²) >= 11 is 0. The number of carboxylic acids is 1. The first kappa shape index (κ1) is 22.2. The van der Waals surface area contributed by atoms with Gasteiger partial charge in [-0.1, -0.05) is 83.8 Å². The summed E-state index contributed by atoms with van der Waals surface area (Å²) in [6, 6.07) is 0. The molecule has 0 saturated heterocycles. The molecular weight excluding hydrogens is 284 g/mol. The van der Waals surface area contributed by atoms with Crippen LogP contribution in [0.15, 0.2) is 12.2 Å². The molecule has 0 aromatic carbocycles. The van der Waals surface area contributed by atoms with E-state index in [9.17, 15) is 4.79 Å². The van der Waals surface area contributed by atoms with Gasteiger partial charge < -0.3 is 5.11 Å². The molecule has 23 heavy (non-hydrogen) atoms. The minimum absolute atomic E-state index is 0.311. The Morgan fingerprint density at radius 2 is 1.17 bits per heavy atom. The van der Waals surface area contributed by atoms with Crippen LogP contribution in [0.4, 0.5) is 0 Å². The maximum atomic E-state index is 10.4. The molecule has 0 aliphatic heterocycles. The molecule has 0 fully saturated rings. The molecule has 136 valence electrons. The summed E-state index contributed by atoms with van der Waals surface area (Å²) in [5.74, 6) is 0.193. The van der Waals surface area contributed by atoms with Gasteiger partial charge in [-0.05, 0) is 38.0 Å². The van der Waals surface area contributed by atoms with Crippen LogP contribution in [0.25, 0.3) is 0 Å². The Balaban J connectivity index is 3.08. The Bertz CT molecular complexity index is 282. The zero-order chi connectivity index (χ0) is 17.2. The molecule has 0 aliphatic rings. The van der Waals surface area contributed by atoms with E-state index in [1.54, 1.807) is 0 Å². The molecule has 0 aromatic heterocycles. The molecule has 0 rings (SSSR count). The first-order chi connectivity index (χ1) is 11.1. The van der Waals surface area contributed by atoms with Crippen molar-refractivity contribution in [3.63, 3.8) is 0 Å². The summed E-state index contributed by atoms with van der Waals surface area (Å²) in [5, 5.41) is 8.53. The number of allylic oxidation sites excluding steroid dienone is 2. The van der Waals surface area contributed by atoms with Crippen molar-refractivity contribution in [2.75, 3.05) is 0 Å². The van der Waals surface area contributed by atoms with Gasteiger partial charge in [-0.3, -0.25) is 4.79 Å². The molecule has 0 heterocycles. The Hall–Kier alpha value is -0.790. The average molecular weight is 325 g/mol. The van der Waals surface area contributed by atoms with Crippen LogP contribution in [0, 0.1) is 5.92 Å². The lowest BCUT2D eigenvalue weighted by Crippen LogP contribution is -1.92. The minimum Gasteiger partial charge on any atom is -0.481 e. The van der Waals surface area contributed by atoms with Gasteiger partial charge in [-0.25, -0.2) is 0 Å². The standard InChI is InChI=1S/C21H40O2/c1-20(2)18-16-14-12-10-8-6-4-3-5-7-9-11-13-15-17-19-21(22)23/h9,11,20H,3-8,10,12-19H2,1-2H3,(H,22,23). The first-order valence-corrected chi connectivity index (χ1v) is 9.99. The van der Waals surface area contributed by atoms with Gasteiger partial charge in [0.25, 0.3) is 0 Å². The number of carbonyl (C=O) groups is 1. The normalized spacial score (nSPS) is 11.6. The lowest BCUT2D eigenvalue weighted by molar-refractivity contribution is -0.137. The van der Waals surface area contributed by atoms with E-state index in [0.29, 0.717) is 6.42 Å². The lowest BCUT2D eigenvalue weighted by Gasteiger charge is -2.04. The summed E-state index contributed by atoms with van der Waals surface area (Å²) in [6.45, 7) is 4.63. The number of carboxylic acid groups (broad SMARTS) is 1. The second kappa shape index (κ2) is 17.6. The second-order valence-corrected chi connectivity index (χ2v) is 7.26. The molecule has 0 radical (unpaired) electrons. The molecule has 0 spiro atoms. The highest BCUT2D eigenvalue weighted by atomic mass is 16.4. The van der Waals surface area contributed by atoms with E-state index >= 15 is 0 Å². The molecule has 1 N–H and O–H groups in total. The van der Waals surface area contributed by atoms with Crippen LogP contribution < -0.4 is 0 Å². The van der Waals surface area contributed by atoms with Gasteiger partial charge in [-0.2, -0.15) is 0 Å². The molecule has 0 unspecified atom stereocenters. The monoisotopic (exact) mass is 324 g/mol. The summed E-state index contributed by atoms with van der Waals surface area (Å²) in [5.41, 5.74) is 0. The van der Waals surface area contributed by atoms with E-state index in [0.717, 1.165) is 25.2 Å². The third-order valence-electron chi connectivity index (χ3n) is 4.33. The maximum absolute atomic E-state index is 10.4. The van der Waals surface area contributed by atoms with E-state index in [-0.39, 0.29) is 0 Å². The summed E-state index contributed by atoms with van der Waals surface area (Å²) < 4.78 is 0. The van der Waals surface area contributed by atoms with Crippen molar-refractivity contribution in [3.8, 4) is 0 Å². The summed E-state index contributed by atoms with van der Waals surface area (Å²) in [7, 11) is 0. The summed E-state index contributed by atoms with van der Waals surface area (Å²) in [4.78, 5) is 10.4. The van der Waals surface area contributed by atoms with Gasteiger partial charge in [0.2, 0.25) is 0 Å². The molecule has 0 aromatic rings. The van der Waals surface area contributed by atoms with Crippen molar-refractivity contribution >= 4 is 5.97 Å². The third-order valence-corrected chi connectivity index (χ3v) is 4.33. The smallest absolute Gasteiger partial charge is 0.303 e. The molecule has 0 aliphatic carbocycles. The highest BCUT2D eigenvalue weighted by Gasteiger charge is 1.96. The fourth-order valence-electron chi connectivity index (χ4n) is 2.83. The predicted octanol–water partition coefficient (Wildman–Crippen LogP) is 7.13. The van der Waals surface area contributed by atoms with Crippen LogP contribution in [0.5, 0.6) is 0 Å². The number of rotatable bonds is 17. The van der Waals surface area contributed by atoms with Gasteiger partial charge in [0, 0.05) is 6.42 Å². The van der Waals surface area contributed by atoms with Gasteiger partial charge in [0.1, 0.15) is 0 Å². The van der Waals surface area contributed by atoms with Crippen LogP contribution in [0.3, 0.4) is 0 Å². The summed E-state index contributed by atoms with van der Waals surface area (Å²) in [6.07, 6.45) is 22.8.